The lowest BCUT2D eigenvalue weighted by atomic mass is 9.83. The summed E-state index contributed by atoms with van der Waals surface area (Å²) in [4.78, 5) is 4.62. The lowest BCUT2D eigenvalue weighted by molar-refractivity contribution is 0.00578. The Morgan fingerprint density at radius 3 is 2.10 bits per heavy atom. The largest absolute Gasteiger partial charge is 0.514 e. The molecule has 0 aromatic carbocycles. The summed E-state index contributed by atoms with van der Waals surface area (Å²) >= 11 is 0. The molecule has 1 saturated carbocycles. The van der Waals surface area contributed by atoms with E-state index < -0.39 is 7.12 Å². The molecule has 0 bridgehead atoms. The van der Waals surface area contributed by atoms with Crippen LogP contribution in [0.1, 0.15) is 53.2 Å². The molecule has 1 aliphatic carbocycles. The first-order valence-corrected chi connectivity index (χ1v) is 7.21. The van der Waals surface area contributed by atoms with Crippen LogP contribution >= 0.6 is 0 Å². The third-order valence-electron chi connectivity index (χ3n) is 4.96. The molecule has 0 spiro atoms. The van der Waals surface area contributed by atoms with Crippen LogP contribution in [0.5, 0.6) is 5.75 Å². The van der Waals surface area contributed by atoms with E-state index in [1.165, 1.54) is 0 Å². The maximum atomic E-state index is 10.0. The summed E-state index contributed by atoms with van der Waals surface area (Å²) in [5.41, 5.74) is 0.778. The summed E-state index contributed by atoms with van der Waals surface area (Å²) in [6, 6.07) is 3.49. The lowest BCUT2D eigenvalue weighted by Crippen LogP contribution is -2.41. The van der Waals surface area contributed by atoms with Crippen molar-refractivity contribution in [2.45, 2.75) is 64.1 Å². The minimum atomic E-state index is -0.471. The molecule has 0 atom stereocenters. The molecule has 5 heteroatoms. The van der Waals surface area contributed by atoms with E-state index in [4.69, 9.17) is 9.31 Å². The lowest BCUT2D eigenvalue weighted by Gasteiger charge is -2.32. The van der Waals surface area contributed by atoms with Crippen molar-refractivity contribution in [3.05, 3.63) is 17.8 Å². The maximum Gasteiger partial charge on any atom is 0.514 e. The van der Waals surface area contributed by atoms with Gasteiger partial charge in [0, 0.05) is 5.41 Å². The van der Waals surface area contributed by atoms with E-state index in [0.29, 0.717) is 0 Å². The summed E-state index contributed by atoms with van der Waals surface area (Å²) < 4.78 is 12.0. The average Bonchev–Trinajstić information content (AvgIpc) is 3.02. The summed E-state index contributed by atoms with van der Waals surface area (Å²) in [5, 5.41) is 10.0. The van der Waals surface area contributed by atoms with Gasteiger partial charge < -0.3 is 14.4 Å². The molecule has 4 nitrogen and oxygen atoms in total. The number of hydrogen-bond donors (Lipinski definition) is 1. The topological polar surface area (TPSA) is 51.6 Å². The van der Waals surface area contributed by atoms with Gasteiger partial charge in [-0.05, 0) is 52.7 Å². The zero-order valence-electron chi connectivity index (χ0n) is 12.9. The quantitative estimate of drug-likeness (QED) is 0.840. The zero-order chi connectivity index (χ0) is 14.8. The van der Waals surface area contributed by atoms with Crippen molar-refractivity contribution >= 4 is 12.7 Å². The van der Waals surface area contributed by atoms with Gasteiger partial charge in [-0.3, -0.25) is 4.98 Å². The van der Waals surface area contributed by atoms with E-state index in [2.05, 4.69) is 11.9 Å². The summed E-state index contributed by atoms with van der Waals surface area (Å²) in [5.74, 6) is 0.269. The molecule has 0 radical (unpaired) electrons. The fourth-order valence-electron chi connectivity index (χ4n) is 2.43. The van der Waals surface area contributed by atoms with Crippen LogP contribution in [0.3, 0.4) is 0 Å². The van der Waals surface area contributed by atoms with Gasteiger partial charge in [-0.15, -0.1) is 0 Å². The van der Waals surface area contributed by atoms with Gasteiger partial charge >= 0.3 is 7.12 Å². The van der Waals surface area contributed by atoms with Crippen LogP contribution in [0.4, 0.5) is 0 Å². The van der Waals surface area contributed by atoms with Gasteiger partial charge in [-0.25, -0.2) is 0 Å². The number of aromatic hydroxyl groups is 1. The van der Waals surface area contributed by atoms with Gasteiger partial charge in [-0.2, -0.15) is 0 Å². The molecular weight excluding hydrogens is 253 g/mol. The van der Waals surface area contributed by atoms with E-state index in [1.54, 1.807) is 12.1 Å². The molecule has 1 aromatic heterocycles. The second kappa shape index (κ2) is 3.98. The van der Waals surface area contributed by atoms with Crippen LogP contribution in [0.15, 0.2) is 12.1 Å². The molecular formula is C15H22BNO3. The summed E-state index contributed by atoms with van der Waals surface area (Å²) in [6.07, 6.45) is 2.14. The second-order valence-corrected chi connectivity index (χ2v) is 7.25. The minimum Gasteiger partial charge on any atom is -0.506 e. The number of rotatable bonds is 2. The second-order valence-electron chi connectivity index (χ2n) is 7.25. The molecule has 2 heterocycles. The monoisotopic (exact) mass is 275 g/mol. The predicted molar refractivity (Wildman–Crippen MR) is 78.2 cm³/mol. The van der Waals surface area contributed by atoms with Gasteiger partial charge in [0.2, 0.25) is 0 Å². The predicted octanol–water partition coefficient (Wildman–Crippen LogP) is 2.14. The highest BCUT2D eigenvalue weighted by Crippen LogP contribution is 2.49. The van der Waals surface area contributed by atoms with Crippen molar-refractivity contribution in [2.24, 2.45) is 0 Å². The minimum absolute atomic E-state index is 0.0176. The van der Waals surface area contributed by atoms with Gasteiger partial charge in [0.1, 0.15) is 5.75 Å². The third kappa shape index (κ3) is 2.04. The maximum absolute atomic E-state index is 10.0. The number of pyridine rings is 1. The fourth-order valence-corrected chi connectivity index (χ4v) is 2.43. The van der Waals surface area contributed by atoms with E-state index in [9.17, 15) is 5.11 Å². The Morgan fingerprint density at radius 1 is 1.05 bits per heavy atom. The molecule has 108 valence electrons. The van der Waals surface area contributed by atoms with E-state index >= 15 is 0 Å². The normalized spacial score (nSPS) is 25.8. The molecule has 20 heavy (non-hydrogen) atoms. The Balaban J connectivity index is 1.93. The number of hydrogen-bond acceptors (Lipinski definition) is 4. The molecule has 1 aliphatic heterocycles. The van der Waals surface area contributed by atoms with Crippen molar-refractivity contribution in [3.63, 3.8) is 0 Å². The molecule has 2 aliphatic rings. The van der Waals surface area contributed by atoms with E-state index in [-0.39, 0.29) is 22.4 Å². The van der Waals surface area contributed by atoms with Crippen molar-refractivity contribution in [1.82, 2.24) is 4.98 Å². The van der Waals surface area contributed by atoms with Gasteiger partial charge in [0.25, 0.3) is 0 Å². The first-order chi connectivity index (χ1) is 9.15. The van der Waals surface area contributed by atoms with Crippen LogP contribution in [0.2, 0.25) is 0 Å². The highest BCUT2D eigenvalue weighted by Gasteiger charge is 2.53. The smallest absolute Gasteiger partial charge is 0.506 e. The van der Waals surface area contributed by atoms with Crippen molar-refractivity contribution in [3.8, 4) is 5.75 Å². The highest BCUT2D eigenvalue weighted by atomic mass is 16.7. The van der Waals surface area contributed by atoms with Crippen LogP contribution < -0.4 is 5.59 Å². The molecule has 3 rings (SSSR count). The first-order valence-electron chi connectivity index (χ1n) is 7.21. The first kappa shape index (κ1) is 13.9. The average molecular weight is 275 g/mol. The van der Waals surface area contributed by atoms with Gasteiger partial charge in [0.05, 0.1) is 22.5 Å². The Morgan fingerprint density at radius 2 is 1.60 bits per heavy atom. The third-order valence-corrected chi connectivity index (χ3v) is 4.96. The van der Waals surface area contributed by atoms with Crippen LogP contribution in [0.25, 0.3) is 0 Å². The van der Waals surface area contributed by atoms with E-state index in [1.807, 2.05) is 27.7 Å². The highest BCUT2D eigenvalue weighted by molar-refractivity contribution is 6.61. The van der Waals surface area contributed by atoms with E-state index in [0.717, 1.165) is 24.1 Å². The molecule has 0 amide bonds. The van der Waals surface area contributed by atoms with Crippen molar-refractivity contribution < 1.29 is 14.4 Å². The summed E-state index contributed by atoms with van der Waals surface area (Å²) in [6.45, 7) is 10.2. The molecule has 1 aromatic rings. The molecule has 1 N–H and O–H groups in total. The Hall–Kier alpha value is -1.07. The Kier molecular flexibility index (Phi) is 2.77. The van der Waals surface area contributed by atoms with Gasteiger partial charge in [0.15, 0.2) is 0 Å². The molecule has 1 saturated heterocycles. The summed E-state index contributed by atoms with van der Waals surface area (Å²) in [7, 11) is -0.471. The van der Waals surface area contributed by atoms with Gasteiger partial charge in [-0.1, -0.05) is 6.92 Å². The van der Waals surface area contributed by atoms with Crippen molar-refractivity contribution in [1.29, 1.82) is 0 Å². The SMILES string of the molecule is CC1(c2nc(B3OC(C)(C)C(C)(C)O3)ccc2O)CC1. The number of aromatic nitrogens is 1. The zero-order valence-corrected chi connectivity index (χ0v) is 12.9. The van der Waals surface area contributed by atoms with Crippen LogP contribution in [-0.2, 0) is 14.7 Å². The molecule has 2 fully saturated rings. The van der Waals surface area contributed by atoms with Crippen LogP contribution in [0, 0.1) is 0 Å². The standard InChI is InChI=1S/C15H22BNO3/c1-13(2)14(3,4)20-16(19-13)11-7-6-10(18)12(17-11)15(5)8-9-15/h6-7,18H,8-9H2,1-5H3. The molecule has 0 unspecified atom stereocenters. The Bertz CT molecular complexity index is 536. The fraction of sp³-hybridized carbons (Fsp3) is 0.667. The van der Waals surface area contributed by atoms with Crippen molar-refractivity contribution in [2.75, 3.05) is 0 Å². The van der Waals surface area contributed by atoms with Crippen LogP contribution in [-0.4, -0.2) is 28.4 Å². The number of nitrogens with zero attached hydrogens (tertiary/aromatic N) is 1. The Labute approximate surface area is 120 Å².